The molecule has 0 radical (unpaired) electrons. The molecule has 0 spiro atoms. The molecule has 3 aromatic rings. The van der Waals surface area contributed by atoms with E-state index in [0.29, 0.717) is 25.9 Å². The fraction of sp³-hybridized carbons (Fsp3) is 0.304. The molecule has 29 heavy (non-hydrogen) atoms. The first-order valence-corrected chi connectivity index (χ1v) is 9.93. The van der Waals surface area contributed by atoms with Crippen molar-refractivity contribution in [2.75, 3.05) is 26.2 Å². The maximum Gasteiger partial charge on any atom is 0.254 e. The number of aromatic nitrogens is 1. The van der Waals surface area contributed by atoms with E-state index in [1.54, 1.807) is 4.90 Å². The monoisotopic (exact) mass is 389 g/mol. The number of benzene rings is 2. The highest BCUT2D eigenvalue weighted by Gasteiger charge is 2.50. The van der Waals surface area contributed by atoms with Gasteiger partial charge < -0.3 is 19.3 Å². The Balaban J connectivity index is 1.25. The van der Waals surface area contributed by atoms with Crippen molar-refractivity contribution < 1.29 is 14.3 Å². The number of piperazine rings is 1. The number of hydrogen-bond acceptors (Lipinski definition) is 5. The van der Waals surface area contributed by atoms with Gasteiger partial charge in [-0.2, -0.15) is 0 Å². The lowest BCUT2D eigenvalue weighted by atomic mass is 10.0. The van der Waals surface area contributed by atoms with Crippen LogP contribution in [0.4, 0.5) is 0 Å². The third-order valence-corrected chi connectivity index (χ3v) is 5.95. The van der Waals surface area contributed by atoms with Gasteiger partial charge in [-0.05, 0) is 41.7 Å². The smallest absolute Gasteiger partial charge is 0.254 e. The van der Waals surface area contributed by atoms with Crippen LogP contribution in [-0.2, 0) is 4.79 Å². The first-order chi connectivity index (χ1) is 14.0. The van der Waals surface area contributed by atoms with Crippen molar-refractivity contribution in [3.8, 4) is 11.1 Å². The fourth-order valence-electron chi connectivity index (χ4n) is 3.88. The number of hydrogen-bond donors (Lipinski definition) is 1. The number of fused-ring (bicyclic) bond motifs is 1. The van der Waals surface area contributed by atoms with Gasteiger partial charge in [0.1, 0.15) is 11.1 Å². The summed E-state index contributed by atoms with van der Waals surface area (Å²) in [7, 11) is 0. The van der Waals surface area contributed by atoms with Gasteiger partial charge in [0.15, 0.2) is 12.0 Å². The van der Waals surface area contributed by atoms with E-state index in [4.69, 9.17) is 4.42 Å². The summed E-state index contributed by atoms with van der Waals surface area (Å²) in [6.07, 6.45) is 2.64. The van der Waals surface area contributed by atoms with Crippen LogP contribution in [-0.4, -0.2) is 57.6 Å². The van der Waals surface area contributed by atoms with E-state index in [-0.39, 0.29) is 5.91 Å². The Kier molecular flexibility index (Phi) is 4.17. The number of rotatable bonds is 4. The second-order valence-electron chi connectivity index (χ2n) is 7.87. The van der Waals surface area contributed by atoms with Crippen LogP contribution in [0, 0.1) is 0 Å². The molecule has 1 saturated heterocycles. The quantitative estimate of drug-likeness (QED) is 0.742. The molecule has 2 aliphatic rings. The zero-order valence-corrected chi connectivity index (χ0v) is 16.2. The van der Waals surface area contributed by atoms with Gasteiger partial charge in [-0.3, -0.25) is 4.79 Å². The van der Waals surface area contributed by atoms with Gasteiger partial charge >= 0.3 is 0 Å². The third kappa shape index (κ3) is 3.29. The summed E-state index contributed by atoms with van der Waals surface area (Å²) in [6, 6.07) is 14.3. The highest BCUT2D eigenvalue weighted by molar-refractivity contribution is 5.88. The number of aliphatic hydroxyl groups is 1. The van der Waals surface area contributed by atoms with Gasteiger partial charge in [0, 0.05) is 31.9 Å². The summed E-state index contributed by atoms with van der Waals surface area (Å²) in [5, 5.41) is 10.0. The molecule has 2 heterocycles. The molecule has 1 aliphatic heterocycles. The lowest BCUT2D eigenvalue weighted by molar-refractivity contribution is -0.143. The minimum atomic E-state index is -1.08. The Morgan fingerprint density at radius 2 is 1.66 bits per heavy atom. The van der Waals surface area contributed by atoms with Crippen LogP contribution in [0.15, 0.2) is 59.9 Å². The summed E-state index contributed by atoms with van der Waals surface area (Å²) in [5.74, 6) is -0.115. The number of carbonyl (C=O) groups is 1. The van der Waals surface area contributed by atoms with Gasteiger partial charge in [0.2, 0.25) is 0 Å². The van der Waals surface area contributed by atoms with E-state index in [1.165, 1.54) is 6.39 Å². The molecule has 1 aliphatic carbocycles. The summed E-state index contributed by atoms with van der Waals surface area (Å²) >= 11 is 0. The standard InChI is InChI=1S/C23H23N3O3/c1-16(25-10-12-26(13-11-25)22(27)23(28)8-9-23)17-2-4-18(5-3-17)19-6-7-21-20(14-19)24-15-29-21/h2-7,14-15,28H,1,8-13H2. The zero-order valence-electron chi connectivity index (χ0n) is 16.2. The molecular formula is C23H23N3O3. The molecule has 6 heteroatoms. The average Bonchev–Trinajstić information content (AvgIpc) is 3.34. The molecule has 1 amide bonds. The average molecular weight is 389 g/mol. The maximum atomic E-state index is 12.3. The van der Waals surface area contributed by atoms with Gasteiger partial charge in [-0.1, -0.05) is 36.9 Å². The normalized spacial score (nSPS) is 18.1. The van der Waals surface area contributed by atoms with Crippen molar-refractivity contribution >= 4 is 22.7 Å². The number of amides is 1. The minimum absolute atomic E-state index is 0.115. The molecule has 2 fully saturated rings. The van der Waals surface area contributed by atoms with Gasteiger partial charge in [0.25, 0.3) is 5.91 Å². The van der Waals surface area contributed by atoms with Crippen molar-refractivity contribution in [2.24, 2.45) is 0 Å². The molecule has 148 valence electrons. The third-order valence-electron chi connectivity index (χ3n) is 5.95. The van der Waals surface area contributed by atoms with Crippen LogP contribution < -0.4 is 0 Å². The molecule has 1 aromatic heterocycles. The summed E-state index contributed by atoms with van der Waals surface area (Å²) < 4.78 is 5.30. The van der Waals surface area contributed by atoms with E-state index in [2.05, 4.69) is 40.7 Å². The first-order valence-electron chi connectivity index (χ1n) is 9.93. The molecule has 5 rings (SSSR count). The molecule has 0 bridgehead atoms. The number of nitrogens with zero attached hydrogens (tertiary/aromatic N) is 3. The van der Waals surface area contributed by atoms with Crippen LogP contribution in [0.25, 0.3) is 27.9 Å². The van der Waals surface area contributed by atoms with Crippen LogP contribution in [0.3, 0.4) is 0 Å². The number of carbonyl (C=O) groups excluding carboxylic acids is 1. The lowest BCUT2D eigenvalue weighted by Crippen LogP contribution is -2.51. The largest absolute Gasteiger partial charge is 0.443 e. The van der Waals surface area contributed by atoms with E-state index < -0.39 is 5.60 Å². The minimum Gasteiger partial charge on any atom is -0.443 e. The molecule has 1 saturated carbocycles. The summed E-state index contributed by atoms with van der Waals surface area (Å²) in [4.78, 5) is 20.5. The van der Waals surface area contributed by atoms with E-state index in [1.807, 2.05) is 18.2 Å². The zero-order chi connectivity index (χ0) is 20.0. The van der Waals surface area contributed by atoms with Crippen LogP contribution in [0.5, 0.6) is 0 Å². The predicted molar refractivity (Wildman–Crippen MR) is 111 cm³/mol. The Hall–Kier alpha value is -3.12. The maximum absolute atomic E-state index is 12.3. The second kappa shape index (κ2) is 6.74. The van der Waals surface area contributed by atoms with Crippen LogP contribution >= 0.6 is 0 Å². The van der Waals surface area contributed by atoms with E-state index in [0.717, 1.165) is 46.6 Å². The van der Waals surface area contributed by atoms with Crippen molar-refractivity contribution in [1.29, 1.82) is 0 Å². The van der Waals surface area contributed by atoms with Crippen molar-refractivity contribution in [2.45, 2.75) is 18.4 Å². The van der Waals surface area contributed by atoms with Gasteiger partial charge in [-0.15, -0.1) is 0 Å². The van der Waals surface area contributed by atoms with Crippen molar-refractivity contribution in [3.05, 3.63) is 61.0 Å². The Bertz CT molecular complexity index is 1070. The lowest BCUT2D eigenvalue weighted by Gasteiger charge is -2.38. The Morgan fingerprint density at radius 1 is 1.00 bits per heavy atom. The van der Waals surface area contributed by atoms with Crippen molar-refractivity contribution in [1.82, 2.24) is 14.8 Å². The molecule has 6 nitrogen and oxygen atoms in total. The Morgan fingerprint density at radius 3 is 2.34 bits per heavy atom. The summed E-state index contributed by atoms with van der Waals surface area (Å²) in [5.41, 5.74) is 4.78. The number of oxazole rings is 1. The van der Waals surface area contributed by atoms with Crippen molar-refractivity contribution in [3.63, 3.8) is 0 Å². The molecule has 2 aromatic carbocycles. The highest BCUT2D eigenvalue weighted by Crippen LogP contribution is 2.37. The summed E-state index contributed by atoms with van der Waals surface area (Å²) in [6.45, 7) is 6.96. The predicted octanol–water partition coefficient (Wildman–Crippen LogP) is 3.13. The van der Waals surface area contributed by atoms with Crippen LogP contribution in [0.1, 0.15) is 18.4 Å². The van der Waals surface area contributed by atoms with Gasteiger partial charge in [-0.25, -0.2) is 4.98 Å². The SMILES string of the molecule is C=C(c1ccc(-c2ccc3ocnc3c2)cc1)N1CCN(C(=O)C2(O)CC2)CC1. The van der Waals surface area contributed by atoms with Gasteiger partial charge in [0.05, 0.1) is 0 Å². The van der Waals surface area contributed by atoms with E-state index >= 15 is 0 Å². The van der Waals surface area contributed by atoms with Crippen LogP contribution in [0.2, 0.25) is 0 Å². The highest BCUT2D eigenvalue weighted by atomic mass is 16.3. The first kappa shape index (κ1) is 17.9. The Labute approximate surface area is 169 Å². The second-order valence-corrected chi connectivity index (χ2v) is 7.87. The fourth-order valence-corrected chi connectivity index (χ4v) is 3.88. The molecule has 1 N–H and O–H groups in total. The molecule has 0 unspecified atom stereocenters. The van der Waals surface area contributed by atoms with E-state index in [9.17, 15) is 9.90 Å². The molecular weight excluding hydrogens is 366 g/mol. The topological polar surface area (TPSA) is 69.8 Å². The molecule has 0 atom stereocenters.